The summed E-state index contributed by atoms with van der Waals surface area (Å²) in [5, 5.41) is 0. The Labute approximate surface area is 148 Å². The number of halogens is 2. The van der Waals surface area contributed by atoms with E-state index in [0.29, 0.717) is 19.4 Å². The number of ether oxygens (including phenoxy) is 2. The number of likely N-dealkylation sites (tertiary alicyclic amines) is 1. The van der Waals surface area contributed by atoms with E-state index in [2.05, 4.69) is 0 Å². The third-order valence-electron chi connectivity index (χ3n) is 4.16. The molecule has 4 nitrogen and oxygen atoms in total. The third-order valence-corrected chi connectivity index (χ3v) is 4.16. The van der Waals surface area contributed by atoms with Crippen molar-refractivity contribution < 1.29 is 23.0 Å². The van der Waals surface area contributed by atoms with E-state index >= 15 is 0 Å². The van der Waals surface area contributed by atoms with E-state index in [1.54, 1.807) is 25.7 Å². The molecule has 1 saturated heterocycles. The van der Waals surface area contributed by atoms with E-state index in [0.717, 1.165) is 18.4 Å². The van der Waals surface area contributed by atoms with Crippen LogP contribution in [0.3, 0.4) is 0 Å². The number of hydrogen-bond acceptors (Lipinski definition) is 3. The van der Waals surface area contributed by atoms with Crippen LogP contribution in [0.15, 0.2) is 30.3 Å². The van der Waals surface area contributed by atoms with Crippen LogP contribution in [-0.4, -0.2) is 41.9 Å². The maximum absolute atomic E-state index is 12.9. The molecule has 1 aliphatic rings. The second-order valence-corrected chi connectivity index (χ2v) is 7.36. The lowest BCUT2D eigenvalue weighted by Crippen LogP contribution is -2.50. The first kappa shape index (κ1) is 19.6. The highest BCUT2D eigenvalue weighted by atomic mass is 19.3. The summed E-state index contributed by atoms with van der Waals surface area (Å²) >= 11 is 0. The summed E-state index contributed by atoms with van der Waals surface area (Å²) in [4.78, 5) is 14.2. The minimum Gasteiger partial charge on any atom is -0.444 e. The molecule has 1 aromatic carbocycles. The Balaban J connectivity index is 2.26. The van der Waals surface area contributed by atoms with Gasteiger partial charge >= 0.3 is 12.7 Å². The van der Waals surface area contributed by atoms with E-state index < -0.39 is 30.5 Å². The van der Waals surface area contributed by atoms with Crippen molar-refractivity contribution in [3.8, 4) is 0 Å². The number of carbonyl (C=O) groups is 1. The van der Waals surface area contributed by atoms with Gasteiger partial charge in [0, 0.05) is 6.54 Å². The van der Waals surface area contributed by atoms with Crippen LogP contribution in [-0.2, 0) is 15.9 Å². The average Bonchev–Trinajstić information content (AvgIpc) is 2.69. The molecule has 0 bridgehead atoms. The smallest absolute Gasteiger partial charge is 0.410 e. The average molecular weight is 355 g/mol. The van der Waals surface area contributed by atoms with E-state index in [4.69, 9.17) is 9.47 Å². The maximum Gasteiger partial charge on any atom is 0.410 e. The molecule has 0 N–H and O–H groups in total. The maximum atomic E-state index is 12.9. The zero-order chi connectivity index (χ0) is 18.4. The minimum atomic E-state index is -2.86. The highest BCUT2D eigenvalue weighted by Crippen LogP contribution is 2.26. The predicted octanol–water partition coefficient (Wildman–Crippen LogP) is 4.63. The van der Waals surface area contributed by atoms with Gasteiger partial charge in [-0.1, -0.05) is 30.3 Å². The molecule has 0 unspecified atom stereocenters. The topological polar surface area (TPSA) is 38.8 Å². The number of benzene rings is 1. The van der Waals surface area contributed by atoms with Crippen molar-refractivity contribution in [1.29, 1.82) is 0 Å². The summed E-state index contributed by atoms with van der Waals surface area (Å²) in [7, 11) is 0. The predicted molar refractivity (Wildman–Crippen MR) is 91.6 cm³/mol. The van der Waals surface area contributed by atoms with Gasteiger partial charge in [-0.05, 0) is 52.0 Å². The fourth-order valence-electron chi connectivity index (χ4n) is 3.12. The molecular formula is C19H27F2NO3. The normalized spacial score (nSPS) is 21.9. The lowest BCUT2D eigenvalue weighted by Gasteiger charge is -2.36. The van der Waals surface area contributed by atoms with E-state index in [1.807, 2.05) is 30.3 Å². The first-order valence-electron chi connectivity index (χ1n) is 8.73. The first-order chi connectivity index (χ1) is 11.8. The molecule has 0 aliphatic carbocycles. The molecular weight excluding hydrogens is 328 g/mol. The summed E-state index contributed by atoms with van der Waals surface area (Å²) in [5.41, 5.74) is 0.338. The fourth-order valence-corrected chi connectivity index (χ4v) is 3.12. The Bertz CT molecular complexity index is 545. The quantitative estimate of drug-likeness (QED) is 0.791. The lowest BCUT2D eigenvalue weighted by molar-refractivity contribution is -0.178. The van der Waals surface area contributed by atoms with Crippen molar-refractivity contribution in [2.75, 3.05) is 6.54 Å². The fraction of sp³-hybridized carbons (Fsp3) is 0.632. The van der Waals surface area contributed by atoms with Crippen LogP contribution in [0.25, 0.3) is 0 Å². The molecule has 1 aromatic rings. The SMILES string of the molecule is CC(C)(C)OC(=O)N1CCCC[C@@H](OC(F)F)[C@@H]1Cc1ccccc1. The van der Waals surface area contributed by atoms with Crippen molar-refractivity contribution in [3.63, 3.8) is 0 Å². The Morgan fingerprint density at radius 3 is 2.52 bits per heavy atom. The van der Waals surface area contributed by atoms with Crippen LogP contribution in [0.4, 0.5) is 13.6 Å². The van der Waals surface area contributed by atoms with Crippen LogP contribution < -0.4 is 0 Å². The van der Waals surface area contributed by atoms with Crippen LogP contribution in [0.1, 0.15) is 45.6 Å². The standard InChI is InChI=1S/C19H27F2NO3/c1-19(2,3)25-18(23)22-12-8-7-11-16(24-17(20)21)15(22)13-14-9-5-4-6-10-14/h4-6,9-10,15-17H,7-8,11-13H2,1-3H3/t15-,16+/m0/s1. The van der Waals surface area contributed by atoms with E-state index in [-0.39, 0.29) is 0 Å². The van der Waals surface area contributed by atoms with Crippen molar-refractivity contribution in [2.45, 2.75) is 70.8 Å². The molecule has 6 heteroatoms. The zero-order valence-corrected chi connectivity index (χ0v) is 15.1. The van der Waals surface area contributed by atoms with Crippen LogP contribution in [0.5, 0.6) is 0 Å². The monoisotopic (exact) mass is 355 g/mol. The molecule has 25 heavy (non-hydrogen) atoms. The van der Waals surface area contributed by atoms with Gasteiger partial charge in [0.2, 0.25) is 0 Å². The van der Waals surface area contributed by atoms with Crippen molar-refractivity contribution in [1.82, 2.24) is 4.90 Å². The number of carbonyl (C=O) groups excluding carboxylic acids is 1. The molecule has 140 valence electrons. The summed E-state index contributed by atoms with van der Waals surface area (Å²) in [6.07, 6.45) is 1.25. The van der Waals surface area contributed by atoms with Gasteiger partial charge in [-0.25, -0.2) is 4.79 Å². The van der Waals surface area contributed by atoms with Gasteiger partial charge in [0.25, 0.3) is 0 Å². The minimum absolute atomic E-state index is 0.456. The van der Waals surface area contributed by atoms with Crippen LogP contribution >= 0.6 is 0 Å². The molecule has 2 atom stereocenters. The van der Waals surface area contributed by atoms with Gasteiger partial charge in [0.05, 0.1) is 12.1 Å². The summed E-state index contributed by atoms with van der Waals surface area (Å²) in [6, 6.07) is 9.07. The largest absolute Gasteiger partial charge is 0.444 e. The van der Waals surface area contributed by atoms with E-state index in [9.17, 15) is 13.6 Å². The molecule has 1 amide bonds. The highest BCUT2D eigenvalue weighted by Gasteiger charge is 2.37. The lowest BCUT2D eigenvalue weighted by atomic mass is 9.98. The van der Waals surface area contributed by atoms with Crippen LogP contribution in [0, 0.1) is 0 Å². The van der Waals surface area contributed by atoms with Gasteiger partial charge in [-0.15, -0.1) is 0 Å². The number of hydrogen-bond donors (Lipinski definition) is 0. The van der Waals surface area contributed by atoms with E-state index in [1.165, 1.54) is 0 Å². The molecule has 2 rings (SSSR count). The van der Waals surface area contributed by atoms with Crippen molar-refractivity contribution in [2.24, 2.45) is 0 Å². The Kier molecular flexibility index (Phi) is 6.76. The first-order valence-corrected chi connectivity index (χ1v) is 8.73. The second kappa shape index (κ2) is 8.61. The van der Waals surface area contributed by atoms with Gasteiger partial charge in [0.1, 0.15) is 5.60 Å². The molecule has 0 aromatic heterocycles. The Morgan fingerprint density at radius 1 is 1.24 bits per heavy atom. The number of amides is 1. The summed E-state index contributed by atoms with van der Waals surface area (Å²) in [5.74, 6) is 0. The number of rotatable bonds is 4. The summed E-state index contributed by atoms with van der Waals surface area (Å²) < 4.78 is 36.2. The molecule has 0 saturated carbocycles. The van der Waals surface area contributed by atoms with Crippen molar-refractivity contribution >= 4 is 6.09 Å². The van der Waals surface area contributed by atoms with Crippen LogP contribution in [0.2, 0.25) is 0 Å². The zero-order valence-electron chi connectivity index (χ0n) is 15.1. The molecule has 0 radical (unpaired) electrons. The molecule has 0 spiro atoms. The number of alkyl halides is 2. The molecule has 1 heterocycles. The van der Waals surface area contributed by atoms with Gasteiger partial charge < -0.3 is 14.4 Å². The summed E-state index contributed by atoms with van der Waals surface area (Å²) in [6.45, 7) is 3.00. The Hall–Kier alpha value is -1.69. The Morgan fingerprint density at radius 2 is 1.92 bits per heavy atom. The highest BCUT2D eigenvalue weighted by molar-refractivity contribution is 5.68. The van der Waals surface area contributed by atoms with Gasteiger partial charge in [-0.3, -0.25) is 0 Å². The molecule has 1 aliphatic heterocycles. The van der Waals surface area contributed by atoms with Gasteiger partial charge in [0.15, 0.2) is 0 Å². The molecule has 1 fully saturated rings. The second-order valence-electron chi connectivity index (χ2n) is 7.36. The number of nitrogens with zero attached hydrogens (tertiary/aromatic N) is 1. The van der Waals surface area contributed by atoms with Gasteiger partial charge in [-0.2, -0.15) is 8.78 Å². The third kappa shape index (κ3) is 6.27. The van der Waals surface area contributed by atoms with Crippen molar-refractivity contribution in [3.05, 3.63) is 35.9 Å².